The van der Waals surface area contributed by atoms with Crippen LogP contribution in [-0.2, 0) is 6.54 Å². The van der Waals surface area contributed by atoms with Gasteiger partial charge in [0, 0.05) is 24.2 Å². The van der Waals surface area contributed by atoms with E-state index in [1.807, 2.05) is 34.9 Å². The summed E-state index contributed by atoms with van der Waals surface area (Å²) in [6, 6.07) is 2.64. The Labute approximate surface area is 112 Å². The average Bonchev–Trinajstić information content (AvgIpc) is 2.92. The summed E-state index contributed by atoms with van der Waals surface area (Å²) in [5.74, 6) is 2.12. The molecule has 2 aliphatic rings. The van der Waals surface area contributed by atoms with Gasteiger partial charge in [0.25, 0.3) is 0 Å². The molecule has 0 bridgehead atoms. The third-order valence-electron chi connectivity index (χ3n) is 3.80. The lowest BCUT2D eigenvalue weighted by Gasteiger charge is -2.36. The number of nitrogens with zero attached hydrogens (tertiary/aromatic N) is 3. The Morgan fingerprint density at radius 1 is 1.44 bits per heavy atom. The van der Waals surface area contributed by atoms with Crippen LogP contribution in [0.15, 0.2) is 23.5 Å². The molecule has 2 unspecified atom stereocenters. The van der Waals surface area contributed by atoms with Crippen molar-refractivity contribution in [1.82, 2.24) is 15.1 Å². The Bertz CT molecular complexity index is 401. The maximum absolute atomic E-state index is 4.66. The van der Waals surface area contributed by atoms with E-state index in [0.717, 1.165) is 24.2 Å². The molecule has 1 aromatic heterocycles. The van der Waals surface area contributed by atoms with E-state index in [-0.39, 0.29) is 0 Å². The first-order valence-electron chi connectivity index (χ1n) is 6.83. The molecule has 1 aromatic rings. The van der Waals surface area contributed by atoms with Gasteiger partial charge in [-0.2, -0.15) is 5.10 Å². The van der Waals surface area contributed by atoms with Crippen molar-refractivity contribution in [2.45, 2.75) is 38.3 Å². The fraction of sp³-hybridized carbons (Fsp3) is 0.692. The molecule has 2 fully saturated rings. The molecule has 0 amide bonds. The van der Waals surface area contributed by atoms with Crippen LogP contribution >= 0.6 is 11.8 Å². The Kier molecular flexibility index (Phi) is 3.88. The standard InChI is InChI=1S/C13H20N4S/c1-2-5-12-11(4-1)10-18-13(16-12)14-7-9-17-8-3-6-15-17/h3,6,8,11-12H,1-2,4-5,7,9-10H2,(H,14,16). The lowest BCUT2D eigenvalue weighted by atomic mass is 9.86. The largest absolute Gasteiger partial charge is 0.362 e. The highest BCUT2D eigenvalue weighted by Crippen LogP contribution is 2.31. The highest BCUT2D eigenvalue weighted by molar-refractivity contribution is 8.13. The van der Waals surface area contributed by atoms with Gasteiger partial charge in [0.2, 0.25) is 0 Å². The minimum absolute atomic E-state index is 0.684. The van der Waals surface area contributed by atoms with E-state index >= 15 is 0 Å². The summed E-state index contributed by atoms with van der Waals surface area (Å²) in [4.78, 5) is 4.66. The average molecular weight is 264 g/mol. The monoisotopic (exact) mass is 264 g/mol. The van der Waals surface area contributed by atoms with Gasteiger partial charge in [-0.1, -0.05) is 24.6 Å². The fourth-order valence-corrected chi connectivity index (χ4v) is 3.95. The second-order valence-electron chi connectivity index (χ2n) is 5.06. The molecule has 1 aliphatic heterocycles. The summed E-state index contributed by atoms with van der Waals surface area (Å²) in [6.45, 7) is 1.68. The van der Waals surface area contributed by atoms with Crippen LogP contribution in [0.3, 0.4) is 0 Å². The van der Waals surface area contributed by atoms with Crippen molar-refractivity contribution in [1.29, 1.82) is 0 Å². The smallest absolute Gasteiger partial charge is 0.156 e. The summed E-state index contributed by atoms with van der Waals surface area (Å²) in [5.41, 5.74) is 0. The van der Waals surface area contributed by atoms with Gasteiger partial charge < -0.3 is 5.32 Å². The van der Waals surface area contributed by atoms with E-state index < -0.39 is 0 Å². The van der Waals surface area contributed by atoms with Crippen LogP contribution in [0.1, 0.15) is 25.7 Å². The lowest BCUT2D eigenvalue weighted by molar-refractivity contribution is 0.311. The van der Waals surface area contributed by atoms with Crippen molar-refractivity contribution in [3.63, 3.8) is 0 Å². The van der Waals surface area contributed by atoms with Crippen LogP contribution in [0, 0.1) is 5.92 Å². The number of amidine groups is 1. The van der Waals surface area contributed by atoms with Crippen LogP contribution < -0.4 is 5.32 Å². The molecule has 1 saturated heterocycles. The molecule has 1 N–H and O–H groups in total. The molecular weight excluding hydrogens is 244 g/mol. The molecule has 98 valence electrons. The summed E-state index contributed by atoms with van der Waals surface area (Å²) in [7, 11) is 0. The summed E-state index contributed by atoms with van der Waals surface area (Å²) < 4.78 is 1.93. The van der Waals surface area contributed by atoms with Gasteiger partial charge in [-0.3, -0.25) is 9.67 Å². The zero-order chi connectivity index (χ0) is 12.2. The number of nitrogens with one attached hydrogen (secondary N) is 1. The Morgan fingerprint density at radius 2 is 2.39 bits per heavy atom. The van der Waals surface area contributed by atoms with Gasteiger partial charge in [0.15, 0.2) is 5.17 Å². The predicted octanol–water partition coefficient (Wildman–Crippen LogP) is 2.13. The summed E-state index contributed by atoms with van der Waals surface area (Å²) >= 11 is 1.90. The molecule has 5 heteroatoms. The zero-order valence-electron chi connectivity index (χ0n) is 10.6. The van der Waals surface area contributed by atoms with Crippen molar-refractivity contribution < 1.29 is 0 Å². The minimum Gasteiger partial charge on any atom is -0.362 e. The zero-order valence-corrected chi connectivity index (χ0v) is 11.4. The maximum Gasteiger partial charge on any atom is 0.156 e. The third-order valence-corrected chi connectivity index (χ3v) is 4.91. The van der Waals surface area contributed by atoms with Crippen LogP contribution in [0.2, 0.25) is 0 Å². The third kappa shape index (κ3) is 2.88. The molecule has 2 heterocycles. The molecule has 2 atom stereocenters. The lowest BCUT2D eigenvalue weighted by Crippen LogP contribution is -2.46. The molecular formula is C13H20N4S. The fourth-order valence-electron chi connectivity index (χ4n) is 2.76. The highest BCUT2D eigenvalue weighted by Gasteiger charge is 2.29. The summed E-state index contributed by atoms with van der Waals surface area (Å²) in [6.07, 6.45) is 9.30. The SMILES string of the molecule is c1cnn(CCN=C2NC3CCCCC3CS2)c1. The van der Waals surface area contributed by atoms with Crippen molar-refractivity contribution in [3.8, 4) is 0 Å². The number of aliphatic imine (C=N–C) groups is 1. The van der Waals surface area contributed by atoms with E-state index in [1.165, 1.54) is 31.4 Å². The van der Waals surface area contributed by atoms with E-state index in [9.17, 15) is 0 Å². The molecule has 1 aliphatic carbocycles. The number of fused-ring (bicyclic) bond motifs is 1. The van der Waals surface area contributed by atoms with Gasteiger partial charge in [-0.05, 0) is 24.8 Å². The first kappa shape index (κ1) is 12.1. The number of hydrogen-bond donors (Lipinski definition) is 1. The van der Waals surface area contributed by atoms with Crippen LogP contribution in [0.25, 0.3) is 0 Å². The second-order valence-corrected chi connectivity index (χ2v) is 6.07. The van der Waals surface area contributed by atoms with Gasteiger partial charge in [0.1, 0.15) is 0 Å². The van der Waals surface area contributed by atoms with Gasteiger partial charge >= 0.3 is 0 Å². The molecule has 18 heavy (non-hydrogen) atoms. The number of thioether (sulfide) groups is 1. The normalized spacial score (nSPS) is 29.9. The van der Waals surface area contributed by atoms with E-state index in [2.05, 4.69) is 15.4 Å². The first-order valence-corrected chi connectivity index (χ1v) is 7.81. The Balaban J connectivity index is 1.50. The second kappa shape index (κ2) is 5.78. The minimum atomic E-state index is 0.684. The first-order chi connectivity index (χ1) is 8.92. The molecule has 4 nitrogen and oxygen atoms in total. The molecule has 0 radical (unpaired) electrons. The van der Waals surface area contributed by atoms with Gasteiger partial charge in [-0.25, -0.2) is 0 Å². The molecule has 0 spiro atoms. The highest BCUT2D eigenvalue weighted by atomic mass is 32.2. The number of rotatable bonds is 3. The Hall–Kier alpha value is -0.970. The molecule has 0 aromatic carbocycles. The van der Waals surface area contributed by atoms with Gasteiger partial charge in [-0.15, -0.1) is 0 Å². The van der Waals surface area contributed by atoms with Crippen molar-refractivity contribution >= 4 is 16.9 Å². The van der Waals surface area contributed by atoms with Crippen LogP contribution in [0.5, 0.6) is 0 Å². The van der Waals surface area contributed by atoms with Crippen molar-refractivity contribution in [3.05, 3.63) is 18.5 Å². The quantitative estimate of drug-likeness (QED) is 0.909. The van der Waals surface area contributed by atoms with E-state index in [1.54, 1.807) is 0 Å². The van der Waals surface area contributed by atoms with Crippen LogP contribution in [-0.4, -0.2) is 33.3 Å². The van der Waals surface area contributed by atoms with Crippen molar-refractivity contribution in [2.24, 2.45) is 10.9 Å². The van der Waals surface area contributed by atoms with E-state index in [4.69, 9.17) is 0 Å². The summed E-state index contributed by atoms with van der Waals surface area (Å²) in [5, 5.41) is 8.95. The Morgan fingerprint density at radius 3 is 3.28 bits per heavy atom. The van der Waals surface area contributed by atoms with E-state index in [0.29, 0.717) is 6.04 Å². The maximum atomic E-state index is 4.66. The topological polar surface area (TPSA) is 42.2 Å². The van der Waals surface area contributed by atoms with Crippen LogP contribution in [0.4, 0.5) is 0 Å². The number of aromatic nitrogens is 2. The number of hydrogen-bond acceptors (Lipinski definition) is 3. The molecule has 1 saturated carbocycles. The molecule has 3 rings (SSSR count). The predicted molar refractivity (Wildman–Crippen MR) is 75.9 cm³/mol. The van der Waals surface area contributed by atoms with Crippen molar-refractivity contribution in [2.75, 3.05) is 12.3 Å². The van der Waals surface area contributed by atoms with Gasteiger partial charge in [0.05, 0.1) is 13.1 Å².